The summed E-state index contributed by atoms with van der Waals surface area (Å²) in [5.74, 6) is 1.15. The molecule has 0 atom stereocenters. The van der Waals surface area contributed by atoms with E-state index in [2.05, 4.69) is 38.8 Å². The second-order valence-electron chi connectivity index (χ2n) is 5.34. The lowest BCUT2D eigenvalue weighted by Gasteiger charge is -2.26. The van der Waals surface area contributed by atoms with Crippen molar-refractivity contribution in [2.45, 2.75) is 43.8 Å². The van der Waals surface area contributed by atoms with Gasteiger partial charge in [-0.05, 0) is 25.5 Å². The topological polar surface area (TPSA) is 72.0 Å². The molecule has 0 spiro atoms. The van der Waals surface area contributed by atoms with E-state index in [9.17, 15) is 0 Å². The van der Waals surface area contributed by atoms with Crippen LogP contribution in [0.4, 0.5) is 11.9 Å². The Kier molecular flexibility index (Phi) is 5.90. The lowest BCUT2D eigenvalue weighted by atomic mass is 10.1. The van der Waals surface area contributed by atoms with Gasteiger partial charge >= 0.3 is 6.01 Å². The van der Waals surface area contributed by atoms with Crippen LogP contribution in [0.5, 0.6) is 6.01 Å². The van der Waals surface area contributed by atoms with E-state index in [0.717, 1.165) is 19.5 Å². The molecule has 1 aromatic heterocycles. The minimum absolute atomic E-state index is 0.316. The van der Waals surface area contributed by atoms with Crippen LogP contribution in [-0.4, -0.2) is 46.2 Å². The summed E-state index contributed by atoms with van der Waals surface area (Å²) in [5, 5.41) is 6.54. The number of thioether (sulfide) groups is 1. The van der Waals surface area contributed by atoms with Gasteiger partial charge < -0.3 is 15.4 Å². The Morgan fingerprint density at radius 1 is 1.14 bits per heavy atom. The van der Waals surface area contributed by atoms with E-state index in [1.165, 1.54) is 25.7 Å². The molecule has 1 fully saturated rings. The smallest absolute Gasteiger partial charge is 0.322 e. The Hall–Kier alpha value is -1.24. The zero-order valence-corrected chi connectivity index (χ0v) is 13.9. The summed E-state index contributed by atoms with van der Waals surface area (Å²) in [7, 11) is 1.57. The molecule has 1 heterocycles. The maximum absolute atomic E-state index is 5.15. The summed E-state index contributed by atoms with van der Waals surface area (Å²) in [6.07, 6.45) is 8.34. The average Bonchev–Trinajstić information content (AvgIpc) is 3.00. The number of hydrogen-bond acceptors (Lipinski definition) is 7. The molecule has 0 bridgehead atoms. The Labute approximate surface area is 130 Å². The highest BCUT2D eigenvalue weighted by Gasteiger charge is 2.32. The molecule has 0 radical (unpaired) electrons. The van der Waals surface area contributed by atoms with Crippen molar-refractivity contribution in [2.24, 2.45) is 0 Å². The second-order valence-corrected chi connectivity index (χ2v) is 6.62. The first-order chi connectivity index (χ1) is 10.2. The summed E-state index contributed by atoms with van der Waals surface area (Å²) in [5.41, 5.74) is 0. The summed E-state index contributed by atoms with van der Waals surface area (Å²) < 4.78 is 5.47. The zero-order chi connectivity index (χ0) is 15.1. The number of methoxy groups -OCH3 is 1. The van der Waals surface area contributed by atoms with Gasteiger partial charge in [0, 0.05) is 17.8 Å². The van der Waals surface area contributed by atoms with Crippen LogP contribution < -0.4 is 15.4 Å². The molecule has 7 heteroatoms. The SMILES string of the molecule is CCCNc1nc(NCC2(SC)CCCC2)nc(OC)n1. The number of rotatable bonds is 8. The van der Waals surface area contributed by atoms with Crippen LogP contribution in [0, 0.1) is 0 Å². The predicted octanol–water partition coefficient (Wildman–Crippen LogP) is 2.79. The highest BCUT2D eigenvalue weighted by molar-refractivity contribution is 8.00. The van der Waals surface area contributed by atoms with Crippen molar-refractivity contribution < 1.29 is 4.74 Å². The van der Waals surface area contributed by atoms with Crippen LogP contribution in [0.2, 0.25) is 0 Å². The fourth-order valence-electron chi connectivity index (χ4n) is 2.56. The van der Waals surface area contributed by atoms with Crippen molar-refractivity contribution in [3.8, 4) is 6.01 Å². The van der Waals surface area contributed by atoms with E-state index < -0.39 is 0 Å². The lowest BCUT2D eigenvalue weighted by molar-refractivity contribution is 0.379. The molecule has 0 unspecified atom stereocenters. The first-order valence-electron chi connectivity index (χ1n) is 7.54. The lowest BCUT2D eigenvalue weighted by Crippen LogP contribution is -2.30. The van der Waals surface area contributed by atoms with Crippen LogP contribution in [0.1, 0.15) is 39.0 Å². The van der Waals surface area contributed by atoms with Gasteiger partial charge in [0.1, 0.15) is 0 Å². The molecule has 0 saturated heterocycles. The quantitative estimate of drug-likeness (QED) is 0.765. The molecule has 2 rings (SSSR count). The van der Waals surface area contributed by atoms with Crippen LogP contribution in [0.3, 0.4) is 0 Å². The molecular formula is C14H25N5OS. The Bertz CT molecular complexity index is 451. The van der Waals surface area contributed by atoms with Crippen molar-refractivity contribution in [1.82, 2.24) is 15.0 Å². The highest BCUT2D eigenvalue weighted by atomic mass is 32.2. The predicted molar refractivity (Wildman–Crippen MR) is 88.4 cm³/mol. The molecule has 118 valence electrons. The van der Waals surface area contributed by atoms with Gasteiger partial charge in [0.05, 0.1) is 7.11 Å². The van der Waals surface area contributed by atoms with Crippen molar-refractivity contribution >= 4 is 23.7 Å². The molecule has 1 saturated carbocycles. The molecule has 0 aromatic carbocycles. The van der Waals surface area contributed by atoms with E-state index in [1.54, 1.807) is 7.11 Å². The maximum Gasteiger partial charge on any atom is 0.322 e. The summed E-state index contributed by atoms with van der Waals surface area (Å²) in [6.45, 7) is 3.82. The minimum Gasteiger partial charge on any atom is -0.467 e. The fourth-order valence-corrected chi connectivity index (χ4v) is 3.47. The van der Waals surface area contributed by atoms with Gasteiger partial charge in [-0.3, -0.25) is 0 Å². The number of ether oxygens (including phenoxy) is 1. The molecule has 6 nitrogen and oxygen atoms in total. The zero-order valence-electron chi connectivity index (χ0n) is 13.1. The van der Waals surface area contributed by atoms with Crippen LogP contribution in [0.25, 0.3) is 0 Å². The summed E-state index contributed by atoms with van der Waals surface area (Å²) in [6, 6.07) is 0.343. The van der Waals surface area contributed by atoms with E-state index in [1.807, 2.05) is 11.8 Å². The van der Waals surface area contributed by atoms with Crippen molar-refractivity contribution in [2.75, 3.05) is 37.1 Å². The monoisotopic (exact) mass is 311 g/mol. The van der Waals surface area contributed by atoms with Crippen molar-refractivity contribution in [1.29, 1.82) is 0 Å². The molecular weight excluding hydrogens is 286 g/mol. The normalized spacial score (nSPS) is 16.7. The molecule has 1 aliphatic carbocycles. The Morgan fingerprint density at radius 2 is 1.81 bits per heavy atom. The van der Waals surface area contributed by atoms with Gasteiger partial charge in [-0.2, -0.15) is 26.7 Å². The van der Waals surface area contributed by atoms with E-state index in [4.69, 9.17) is 4.74 Å². The van der Waals surface area contributed by atoms with Gasteiger partial charge in [-0.25, -0.2) is 0 Å². The van der Waals surface area contributed by atoms with E-state index in [-0.39, 0.29) is 0 Å². The highest BCUT2D eigenvalue weighted by Crippen LogP contribution is 2.40. The van der Waals surface area contributed by atoms with Crippen LogP contribution in [-0.2, 0) is 0 Å². The first-order valence-corrected chi connectivity index (χ1v) is 8.77. The second kappa shape index (κ2) is 7.68. The largest absolute Gasteiger partial charge is 0.467 e. The third-order valence-electron chi connectivity index (χ3n) is 3.85. The molecule has 1 aromatic rings. The fraction of sp³-hybridized carbons (Fsp3) is 0.786. The third-order valence-corrected chi connectivity index (χ3v) is 5.27. The Balaban J connectivity index is 2.04. The van der Waals surface area contributed by atoms with Crippen LogP contribution >= 0.6 is 11.8 Å². The molecule has 0 amide bonds. The van der Waals surface area contributed by atoms with Gasteiger partial charge in [0.2, 0.25) is 11.9 Å². The molecule has 0 aliphatic heterocycles. The van der Waals surface area contributed by atoms with Gasteiger partial charge in [0.15, 0.2) is 0 Å². The van der Waals surface area contributed by atoms with Crippen molar-refractivity contribution in [3.63, 3.8) is 0 Å². The van der Waals surface area contributed by atoms with E-state index >= 15 is 0 Å². The van der Waals surface area contributed by atoms with Gasteiger partial charge in [-0.15, -0.1) is 0 Å². The number of nitrogens with one attached hydrogen (secondary N) is 2. The average molecular weight is 311 g/mol. The first kappa shape index (κ1) is 16.1. The number of anilines is 2. The number of nitrogens with zero attached hydrogens (tertiary/aromatic N) is 3. The third kappa shape index (κ3) is 4.36. The molecule has 1 aliphatic rings. The maximum atomic E-state index is 5.15. The summed E-state index contributed by atoms with van der Waals surface area (Å²) >= 11 is 1.95. The van der Waals surface area contributed by atoms with Gasteiger partial charge in [-0.1, -0.05) is 19.8 Å². The van der Waals surface area contributed by atoms with Crippen LogP contribution in [0.15, 0.2) is 0 Å². The molecule has 2 N–H and O–H groups in total. The van der Waals surface area contributed by atoms with Crippen molar-refractivity contribution in [3.05, 3.63) is 0 Å². The number of hydrogen-bond donors (Lipinski definition) is 2. The molecule has 21 heavy (non-hydrogen) atoms. The van der Waals surface area contributed by atoms with Gasteiger partial charge in [0.25, 0.3) is 0 Å². The number of aromatic nitrogens is 3. The Morgan fingerprint density at radius 3 is 2.38 bits per heavy atom. The van der Waals surface area contributed by atoms with E-state index in [0.29, 0.717) is 22.7 Å². The minimum atomic E-state index is 0.316. The summed E-state index contributed by atoms with van der Waals surface area (Å²) in [4.78, 5) is 12.9. The standard InChI is InChI=1S/C14H25N5OS/c1-4-9-15-11-17-12(19-13(18-11)20-2)16-10-14(21-3)7-5-6-8-14/h4-10H2,1-3H3,(H2,15,16,17,18,19).